The van der Waals surface area contributed by atoms with Crippen LogP contribution in [0, 0.1) is 0 Å². The van der Waals surface area contributed by atoms with E-state index in [9.17, 15) is 12.6 Å². The first-order chi connectivity index (χ1) is 10.0. The highest BCUT2D eigenvalue weighted by atomic mass is 32.2. The Balaban J connectivity index is 2.04. The minimum Gasteiger partial charge on any atom is -0.313 e. The molecule has 5 nitrogen and oxygen atoms in total. The summed E-state index contributed by atoms with van der Waals surface area (Å²) >= 11 is 0. The third-order valence-electron chi connectivity index (χ3n) is 3.45. The molecule has 0 bridgehead atoms. The van der Waals surface area contributed by atoms with Crippen molar-refractivity contribution in [3.05, 3.63) is 35.4 Å². The van der Waals surface area contributed by atoms with Crippen LogP contribution in [0.3, 0.4) is 0 Å². The average molecular weight is 330 g/mol. The second-order valence-corrected chi connectivity index (χ2v) is 8.77. The largest absolute Gasteiger partial charge is 0.313 e. The van der Waals surface area contributed by atoms with Crippen molar-refractivity contribution < 1.29 is 12.6 Å². The van der Waals surface area contributed by atoms with Gasteiger partial charge in [0.2, 0.25) is 10.0 Å². The molecule has 0 radical (unpaired) electrons. The predicted molar refractivity (Wildman–Crippen MR) is 85.9 cm³/mol. The van der Waals surface area contributed by atoms with E-state index in [-0.39, 0.29) is 5.75 Å². The van der Waals surface area contributed by atoms with Crippen LogP contribution >= 0.6 is 0 Å². The summed E-state index contributed by atoms with van der Waals surface area (Å²) in [6.45, 7) is 4.40. The van der Waals surface area contributed by atoms with Crippen molar-refractivity contribution in [2.45, 2.75) is 19.2 Å². The van der Waals surface area contributed by atoms with E-state index in [0.717, 1.165) is 24.2 Å². The normalized spacial score (nSPS) is 18.0. The summed E-state index contributed by atoms with van der Waals surface area (Å²) in [5.41, 5.74) is 1.89. The first-order valence-corrected chi connectivity index (χ1v) is 10.2. The molecular formula is C14H22N2O3S2. The van der Waals surface area contributed by atoms with E-state index in [1.807, 2.05) is 31.2 Å². The summed E-state index contributed by atoms with van der Waals surface area (Å²) in [5.74, 6) is 0.902. The van der Waals surface area contributed by atoms with Gasteiger partial charge in [-0.15, -0.1) is 0 Å². The minimum absolute atomic E-state index is 0.0135. The maximum Gasteiger partial charge on any atom is 0.218 e. The topological polar surface area (TPSA) is 66.5 Å². The van der Waals surface area contributed by atoms with Crippen molar-refractivity contribution in [3.63, 3.8) is 0 Å². The van der Waals surface area contributed by atoms with Crippen molar-refractivity contribution >= 4 is 20.8 Å². The van der Waals surface area contributed by atoms with Crippen LogP contribution in [0.4, 0.5) is 0 Å². The van der Waals surface area contributed by atoms with Crippen LogP contribution in [0.1, 0.15) is 18.1 Å². The Bertz CT molecular complexity index is 592. The molecule has 118 valence electrons. The number of hydrogen-bond donors (Lipinski definition) is 1. The Hall–Kier alpha value is -0.760. The molecule has 1 aromatic carbocycles. The molecule has 1 saturated heterocycles. The van der Waals surface area contributed by atoms with Gasteiger partial charge in [0.15, 0.2) is 0 Å². The smallest absolute Gasteiger partial charge is 0.218 e. The van der Waals surface area contributed by atoms with Gasteiger partial charge >= 0.3 is 0 Å². The van der Waals surface area contributed by atoms with E-state index in [2.05, 4.69) is 5.32 Å². The van der Waals surface area contributed by atoms with Crippen molar-refractivity contribution in [2.75, 3.05) is 31.1 Å². The lowest BCUT2D eigenvalue weighted by atomic mass is 10.1. The molecular weight excluding hydrogens is 308 g/mol. The summed E-state index contributed by atoms with van der Waals surface area (Å²) in [6, 6.07) is 7.66. The Morgan fingerprint density at radius 2 is 1.90 bits per heavy atom. The summed E-state index contributed by atoms with van der Waals surface area (Å²) in [5, 5.41) is 3.23. The molecule has 0 atom stereocenters. The lowest BCUT2D eigenvalue weighted by Crippen LogP contribution is -2.42. The lowest BCUT2D eigenvalue weighted by molar-refractivity contribution is 0.438. The number of rotatable bonds is 6. The molecule has 0 amide bonds. The van der Waals surface area contributed by atoms with Crippen molar-refractivity contribution in [2.24, 2.45) is 0 Å². The molecule has 2 rings (SSSR count). The Kier molecular flexibility index (Phi) is 5.92. The second kappa shape index (κ2) is 7.49. The molecule has 0 aliphatic carbocycles. The molecule has 1 N–H and O–H groups in total. The van der Waals surface area contributed by atoms with Crippen molar-refractivity contribution in [3.8, 4) is 0 Å². The number of nitrogens with one attached hydrogen (secondary N) is 1. The number of hydrogen-bond acceptors (Lipinski definition) is 4. The van der Waals surface area contributed by atoms with E-state index in [0.29, 0.717) is 24.6 Å². The van der Waals surface area contributed by atoms with Gasteiger partial charge < -0.3 is 5.32 Å². The molecule has 1 heterocycles. The quantitative estimate of drug-likeness (QED) is 0.833. The zero-order chi connectivity index (χ0) is 15.3. The van der Waals surface area contributed by atoms with Crippen LogP contribution in [0.2, 0.25) is 0 Å². The zero-order valence-electron chi connectivity index (χ0n) is 12.2. The van der Waals surface area contributed by atoms with E-state index in [1.54, 1.807) is 0 Å². The van der Waals surface area contributed by atoms with Gasteiger partial charge in [0, 0.05) is 41.9 Å². The Morgan fingerprint density at radius 3 is 2.57 bits per heavy atom. The maximum atomic E-state index is 12.4. The average Bonchev–Trinajstić information content (AvgIpc) is 2.45. The van der Waals surface area contributed by atoms with Gasteiger partial charge in [-0.25, -0.2) is 8.42 Å². The summed E-state index contributed by atoms with van der Waals surface area (Å²) < 4.78 is 37.6. The van der Waals surface area contributed by atoms with Crippen molar-refractivity contribution in [1.29, 1.82) is 0 Å². The fourth-order valence-electron chi connectivity index (χ4n) is 2.30. The second-order valence-electron chi connectivity index (χ2n) is 5.10. The summed E-state index contributed by atoms with van der Waals surface area (Å²) in [6.07, 6.45) is 0. The third-order valence-corrected chi connectivity index (χ3v) is 6.58. The molecule has 1 aliphatic heterocycles. The van der Waals surface area contributed by atoms with Crippen LogP contribution < -0.4 is 5.32 Å². The highest BCUT2D eigenvalue weighted by Gasteiger charge is 2.26. The SMILES string of the molecule is CCNCc1cccc(CS(=O)(=O)N2CCS(=O)CC2)c1. The Labute approximate surface area is 129 Å². The molecule has 0 spiro atoms. The molecule has 0 unspecified atom stereocenters. The van der Waals surface area contributed by atoms with Gasteiger partial charge in [0.25, 0.3) is 0 Å². The van der Waals surface area contributed by atoms with Gasteiger partial charge in [-0.2, -0.15) is 4.31 Å². The highest BCUT2D eigenvalue weighted by molar-refractivity contribution is 7.88. The minimum atomic E-state index is -3.32. The standard InChI is InChI=1S/C14H22N2O3S2/c1-2-15-11-13-4-3-5-14(10-13)12-21(18,19)16-6-8-20(17)9-7-16/h3-5,10,15H,2,6-9,11-12H2,1H3. The number of nitrogens with zero attached hydrogens (tertiary/aromatic N) is 1. The summed E-state index contributed by atoms with van der Waals surface area (Å²) in [7, 11) is -4.18. The molecule has 1 fully saturated rings. The maximum absolute atomic E-state index is 12.4. The van der Waals surface area contributed by atoms with Gasteiger partial charge in [0.1, 0.15) is 0 Å². The van der Waals surface area contributed by atoms with Crippen molar-refractivity contribution in [1.82, 2.24) is 9.62 Å². The van der Waals surface area contributed by atoms with Gasteiger partial charge in [-0.05, 0) is 17.7 Å². The fraction of sp³-hybridized carbons (Fsp3) is 0.571. The number of benzene rings is 1. The van der Waals surface area contributed by atoms with Gasteiger partial charge in [-0.3, -0.25) is 4.21 Å². The van der Waals surface area contributed by atoms with E-state index < -0.39 is 20.8 Å². The fourth-order valence-corrected chi connectivity index (χ4v) is 5.11. The van der Waals surface area contributed by atoms with Gasteiger partial charge in [-0.1, -0.05) is 31.2 Å². The van der Waals surface area contributed by atoms with E-state index >= 15 is 0 Å². The van der Waals surface area contributed by atoms with Crippen LogP contribution in [-0.4, -0.2) is 48.1 Å². The summed E-state index contributed by atoms with van der Waals surface area (Å²) in [4.78, 5) is 0. The van der Waals surface area contributed by atoms with Gasteiger partial charge in [0.05, 0.1) is 5.75 Å². The van der Waals surface area contributed by atoms with Crippen LogP contribution in [-0.2, 0) is 33.1 Å². The monoisotopic (exact) mass is 330 g/mol. The van der Waals surface area contributed by atoms with E-state index in [1.165, 1.54) is 4.31 Å². The van der Waals surface area contributed by atoms with E-state index in [4.69, 9.17) is 0 Å². The molecule has 1 aliphatic rings. The molecule has 1 aromatic rings. The first-order valence-electron chi connectivity index (χ1n) is 7.12. The van der Waals surface area contributed by atoms with Crippen LogP contribution in [0.25, 0.3) is 0 Å². The Morgan fingerprint density at radius 1 is 1.24 bits per heavy atom. The first kappa shape index (κ1) is 16.6. The molecule has 0 aromatic heterocycles. The highest BCUT2D eigenvalue weighted by Crippen LogP contribution is 2.14. The lowest BCUT2D eigenvalue weighted by Gasteiger charge is -2.25. The van der Waals surface area contributed by atoms with Crippen LogP contribution in [0.15, 0.2) is 24.3 Å². The zero-order valence-corrected chi connectivity index (χ0v) is 13.9. The number of sulfonamides is 1. The molecule has 0 saturated carbocycles. The predicted octanol–water partition coefficient (Wildman–Crippen LogP) is 0.690. The molecule has 7 heteroatoms. The third kappa shape index (κ3) is 4.88. The van der Waals surface area contributed by atoms with Crippen LogP contribution in [0.5, 0.6) is 0 Å². The molecule has 21 heavy (non-hydrogen) atoms.